The molecule has 5 heteroatoms. The number of aliphatic hydroxyl groups is 1. The van der Waals surface area contributed by atoms with Crippen LogP contribution in [0.5, 0.6) is 0 Å². The number of β-lactam (4-membered cyclic amide) rings is 1. The lowest BCUT2D eigenvalue weighted by Gasteiger charge is -2.41. The van der Waals surface area contributed by atoms with E-state index in [1.807, 2.05) is 0 Å². The molecule has 1 aliphatic rings. The van der Waals surface area contributed by atoms with Crippen LogP contribution < -0.4 is 5.32 Å². The van der Waals surface area contributed by atoms with Crippen molar-refractivity contribution < 1.29 is 19.4 Å². The molecule has 0 spiro atoms. The van der Waals surface area contributed by atoms with E-state index < -0.39 is 17.9 Å². The van der Waals surface area contributed by atoms with Crippen LogP contribution in [-0.4, -0.2) is 35.7 Å². The Kier molecular flexibility index (Phi) is 3.68. The number of carbonyl (C=O) groups excluding carboxylic acids is 2. The second-order valence-electron chi connectivity index (χ2n) is 3.84. The lowest BCUT2D eigenvalue weighted by Crippen LogP contribution is -2.65. The van der Waals surface area contributed by atoms with E-state index in [0.29, 0.717) is 6.61 Å². The third-order valence-electron chi connectivity index (χ3n) is 2.72. The van der Waals surface area contributed by atoms with E-state index in [4.69, 9.17) is 4.74 Å². The first-order valence-electron chi connectivity index (χ1n) is 5.14. The van der Waals surface area contributed by atoms with Gasteiger partial charge < -0.3 is 15.2 Å². The molecule has 0 bridgehead atoms. The number of nitrogens with one attached hydrogen (secondary N) is 1. The van der Waals surface area contributed by atoms with Crippen LogP contribution >= 0.6 is 0 Å². The van der Waals surface area contributed by atoms with Crippen molar-refractivity contribution in [1.82, 2.24) is 5.32 Å². The molecule has 1 fully saturated rings. The Bertz CT molecular complexity index is 264. The first kappa shape index (κ1) is 12.0. The molecule has 1 saturated heterocycles. The van der Waals surface area contributed by atoms with Gasteiger partial charge >= 0.3 is 5.97 Å². The molecule has 5 nitrogen and oxygen atoms in total. The van der Waals surface area contributed by atoms with E-state index in [9.17, 15) is 14.7 Å². The number of amides is 1. The average Bonchev–Trinajstić information content (AvgIpc) is 2.12. The average molecular weight is 215 g/mol. The van der Waals surface area contributed by atoms with Gasteiger partial charge in [-0.25, -0.2) is 0 Å². The highest BCUT2D eigenvalue weighted by Crippen LogP contribution is 2.26. The van der Waals surface area contributed by atoms with Crippen molar-refractivity contribution in [2.45, 2.75) is 32.9 Å². The van der Waals surface area contributed by atoms with Crippen molar-refractivity contribution in [3.63, 3.8) is 0 Å². The maximum atomic E-state index is 11.4. The van der Waals surface area contributed by atoms with Crippen molar-refractivity contribution in [1.29, 1.82) is 0 Å². The molecule has 4 atom stereocenters. The van der Waals surface area contributed by atoms with Crippen LogP contribution in [0.2, 0.25) is 0 Å². The molecule has 1 aliphatic heterocycles. The van der Waals surface area contributed by atoms with Crippen molar-refractivity contribution in [2.75, 3.05) is 6.61 Å². The summed E-state index contributed by atoms with van der Waals surface area (Å²) in [5, 5.41) is 12.0. The fraction of sp³-hybridized carbons (Fsp3) is 0.800. The zero-order valence-electron chi connectivity index (χ0n) is 9.19. The molecule has 15 heavy (non-hydrogen) atoms. The summed E-state index contributed by atoms with van der Waals surface area (Å²) < 4.78 is 4.85. The minimum absolute atomic E-state index is 0.203. The molecule has 0 radical (unpaired) electrons. The summed E-state index contributed by atoms with van der Waals surface area (Å²) in [6, 6.07) is -0.309. The Morgan fingerprint density at radius 1 is 1.60 bits per heavy atom. The van der Waals surface area contributed by atoms with E-state index in [0.717, 1.165) is 0 Å². The van der Waals surface area contributed by atoms with Crippen LogP contribution in [0.3, 0.4) is 0 Å². The van der Waals surface area contributed by atoms with Gasteiger partial charge in [0.2, 0.25) is 5.91 Å². The SMILES string of the molecule is CCOC(=O)C(C)C1NC(=O)C1C(C)O. The zero-order valence-corrected chi connectivity index (χ0v) is 9.19. The number of esters is 1. The number of rotatable bonds is 4. The minimum Gasteiger partial charge on any atom is -0.466 e. The molecule has 1 rings (SSSR count). The summed E-state index contributed by atoms with van der Waals surface area (Å²) in [6.45, 7) is 5.30. The van der Waals surface area contributed by atoms with Crippen LogP contribution in [-0.2, 0) is 14.3 Å². The van der Waals surface area contributed by atoms with E-state index in [2.05, 4.69) is 5.32 Å². The smallest absolute Gasteiger partial charge is 0.310 e. The molecule has 86 valence electrons. The number of hydrogen-bond acceptors (Lipinski definition) is 4. The van der Waals surface area contributed by atoms with E-state index in [-0.39, 0.29) is 17.9 Å². The molecule has 0 aromatic heterocycles. The van der Waals surface area contributed by atoms with Crippen LogP contribution in [0.4, 0.5) is 0 Å². The van der Waals surface area contributed by atoms with Gasteiger partial charge in [-0.3, -0.25) is 9.59 Å². The van der Waals surface area contributed by atoms with Crippen molar-refractivity contribution >= 4 is 11.9 Å². The Morgan fingerprint density at radius 2 is 2.20 bits per heavy atom. The van der Waals surface area contributed by atoms with Gasteiger partial charge in [-0.1, -0.05) is 0 Å². The molecule has 0 saturated carbocycles. The zero-order chi connectivity index (χ0) is 11.6. The Hall–Kier alpha value is -1.10. The topological polar surface area (TPSA) is 75.6 Å². The first-order valence-corrected chi connectivity index (χ1v) is 5.14. The fourth-order valence-electron chi connectivity index (χ4n) is 1.79. The van der Waals surface area contributed by atoms with Crippen LogP contribution in [0.1, 0.15) is 20.8 Å². The Morgan fingerprint density at radius 3 is 2.60 bits per heavy atom. The first-order chi connectivity index (χ1) is 6.99. The highest BCUT2D eigenvalue weighted by atomic mass is 16.5. The maximum absolute atomic E-state index is 11.4. The van der Waals surface area contributed by atoms with Crippen molar-refractivity contribution in [3.8, 4) is 0 Å². The predicted octanol–water partition coefficient (Wildman–Crippen LogP) is -0.319. The van der Waals surface area contributed by atoms with Gasteiger partial charge in [-0.05, 0) is 20.8 Å². The van der Waals surface area contributed by atoms with Gasteiger partial charge in [0.1, 0.15) is 0 Å². The number of ether oxygens (including phenoxy) is 1. The van der Waals surface area contributed by atoms with Gasteiger partial charge in [0.15, 0.2) is 0 Å². The molecule has 0 aromatic carbocycles. The summed E-state index contributed by atoms with van der Waals surface area (Å²) in [5.74, 6) is -1.45. The molecule has 1 heterocycles. The van der Waals surface area contributed by atoms with E-state index in [1.54, 1.807) is 20.8 Å². The number of hydrogen-bond donors (Lipinski definition) is 2. The van der Waals surface area contributed by atoms with Crippen molar-refractivity contribution in [2.24, 2.45) is 11.8 Å². The van der Waals surface area contributed by atoms with Gasteiger partial charge in [0.05, 0.1) is 30.6 Å². The largest absolute Gasteiger partial charge is 0.466 e. The standard InChI is InChI=1S/C10H17NO4/c1-4-15-10(14)5(2)8-7(6(3)12)9(13)11-8/h5-8,12H,4H2,1-3H3,(H,11,13). The molecule has 4 unspecified atom stereocenters. The molecule has 0 aliphatic carbocycles. The Labute approximate surface area is 88.8 Å². The lowest BCUT2D eigenvalue weighted by atomic mass is 9.79. The second-order valence-corrected chi connectivity index (χ2v) is 3.84. The minimum atomic E-state index is -0.736. The van der Waals surface area contributed by atoms with Crippen LogP contribution in [0.25, 0.3) is 0 Å². The molecule has 2 N–H and O–H groups in total. The molecular weight excluding hydrogens is 198 g/mol. The molecule has 1 amide bonds. The van der Waals surface area contributed by atoms with Crippen LogP contribution in [0.15, 0.2) is 0 Å². The second kappa shape index (κ2) is 4.61. The van der Waals surface area contributed by atoms with Gasteiger partial charge in [-0.2, -0.15) is 0 Å². The normalized spacial score (nSPS) is 28.7. The van der Waals surface area contributed by atoms with Gasteiger partial charge in [0.25, 0.3) is 0 Å². The van der Waals surface area contributed by atoms with Gasteiger partial charge in [0, 0.05) is 0 Å². The number of carbonyl (C=O) groups is 2. The summed E-state index contributed by atoms with van der Waals surface area (Å²) in [4.78, 5) is 22.5. The quantitative estimate of drug-likeness (QED) is 0.498. The fourth-order valence-corrected chi connectivity index (χ4v) is 1.79. The third-order valence-corrected chi connectivity index (χ3v) is 2.72. The highest BCUT2D eigenvalue weighted by molar-refractivity contribution is 5.88. The summed E-state index contributed by atoms with van der Waals surface area (Å²) >= 11 is 0. The summed E-state index contributed by atoms with van der Waals surface area (Å²) in [7, 11) is 0. The summed E-state index contributed by atoms with van der Waals surface area (Å²) in [5.41, 5.74) is 0. The van der Waals surface area contributed by atoms with E-state index >= 15 is 0 Å². The molecular formula is C10H17NO4. The maximum Gasteiger partial charge on any atom is 0.310 e. The third kappa shape index (κ3) is 2.28. The predicted molar refractivity (Wildman–Crippen MR) is 52.9 cm³/mol. The number of aliphatic hydroxyl groups excluding tert-OH is 1. The van der Waals surface area contributed by atoms with E-state index in [1.165, 1.54) is 0 Å². The summed E-state index contributed by atoms with van der Waals surface area (Å²) in [6.07, 6.45) is -0.736. The lowest BCUT2D eigenvalue weighted by molar-refractivity contribution is -0.155. The molecule has 0 aromatic rings. The highest BCUT2D eigenvalue weighted by Gasteiger charge is 2.47. The van der Waals surface area contributed by atoms with Crippen molar-refractivity contribution in [3.05, 3.63) is 0 Å². The monoisotopic (exact) mass is 215 g/mol. The Balaban J connectivity index is 2.58. The van der Waals surface area contributed by atoms with Crippen LogP contribution in [0, 0.1) is 11.8 Å². The van der Waals surface area contributed by atoms with Gasteiger partial charge in [-0.15, -0.1) is 0 Å².